The molecule has 1 fully saturated rings. The first-order chi connectivity index (χ1) is 6.49. The van der Waals surface area contributed by atoms with Crippen molar-refractivity contribution in [2.24, 2.45) is 11.8 Å². The summed E-state index contributed by atoms with van der Waals surface area (Å²) in [6, 6.07) is 1.44. The summed E-state index contributed by atoms with van der Waals surface area (Å²) in [5, 5.41) is 3.77. The Balaban J connectivity index is 2.28. The molecule has 1 atom stereocenters. The van der Waals surface area contributed by atoms with E-state index >= 15 is 0 Å². The molecule has 0 aromatic rings. The van der Waals surface area contributed by atoms with E-state index in [2.05, 4.69) is 45.1 Å². The Morgan fingerprint density at radius 2 is 1.86 bits per heavy atom. The van der Waals surface area contributed by atoms with Gasteiger partial charge in [-0.1, -0.05) is 20.8 Å². The van der Waals surface area contributed by atoms with E-state index in [0.717, 1.165) is 24.4 Å². The van der Waals surface area contributed by atoms with E-state index in [1.165, 1.54) is 12.8 Å². The van der Waals surface area contributed by atoms with Crippen LogP contribution in [0.15, 0.2) is 0 Å². The maximum atomic E-state index is 3.77. The van der Waals surface area contributed by atoms with Crippen LogP contribution in [0, 0.1) is 11.8 Å². The molecule has 84 valence electrons. The highest BCUT2D eigenvalue weighted by molar-refractivity contribution is 4.86. The van der Waals surface area contributed by atoms with Crippen molar-refractivity contribution in [1.82, 2.24) is 10.2 Å². The predicted octanol–water partition coefficient (Wildman–Crippen LogP) is 1.96. The molecule has 1 aliphatic carbocycles. The fourth-order valence-electron chi connectivity index (χ4n) is 2.19. The molecule has 0 heterocycles. The Bertz CT molecular complexity index is 160. The highest BCUT2D eigenvalue weighted by Crippen LogP contribution is 2.27. The smallest absolute Gasteiger partial charge is 0.0220 e. The van der Waals surface area contributed by atoms with Gasteiger partial charge in [0.15, 0.2) is 0 Å². The van der Waals surface area contributed by atoms with Crippen molar-refractivity contribution in [2.45, 2.75) is 45.7 Å². The SMILES string of the molecule is CC1CC(NC(CN(C)C)C(C)C)C1. The van der Waals surface area contributed by atoms with E-state index in [1.54, 1.807) is 0 Å². The topological polar surface area (TPSA) is 15.3 Å². The van der Waals surface area contributed by atoms with Crippen molar-refractivity contribution in [1.29, 1.82) is 0 Å². The molecule has 0 amide bonds. The Hall–Kier alpha value is -0.0800. The molecule has 0 spiro atoms. The zero-order chi connectivity index (χ0) is 10.7. The second kappa shape index (κ2) is 5.13. The van der Waals surface area contributed by atoms with E-state index < -0.39 is 0 Å². The van der Waals surface area contributed by atoms with E-state index in [4.69, 9.17) is 0 Å². The quantitative estimate of drug-likeness (QED) is 0.726. The molecule has 1 rings (SSSR count). The lowest BCUT2D eigenvalue weighted by molar-refractivity contribution is 0.185. The summed E-state index contributed by atoms with van der Waals surface area (Å²) < 4.78 is 0. The first kappa shape index (κ1) is 12.0. The predicted molar refractivity (Wildman–Crippen MR) is 62.5 cm³/mol. The van der Waals surface area contributed by atoms with Gasteiger partial charge in [-0.2, -0.15) is 0 Å². The molecule has 1 aliphatic rings. The van der Waals surface area contributed by atoms with Crippen molar-refractivity contribution in [3.05, 3.63) is 0 Å². The van der Waals surface area contributed by atoms with E-state index in [-0.39, 0.29) is 0 Å². The van der Waals surface area contributed by atoms with Crippen molar-refractivity contribution >= 4 is 0 Å². The fourth-order valence-corrected chi connectivity index (χ4v) is 2.19. The molecule has 14 heavy (non-hydrogen) atoms. The minimum absolute atomic E-state index is 0.655. The lowest BCUT2D eigenvalue weighted by Gasteiger charge is -2.38. The van der Waals surface area contributed by atoms with Crippen LogP contribution < -0.4 is 5.32 Å². The summed E-state index contributed by atoms with van der Waals surface area (Å²) >= 11 is 0. The van der Waals surface area contributed by atoms with Gasteiger partial charge in [0, 0.05) is 18.6 Å². The third kappa shape index (κ3) is 3.58. The number of rotatable bonds is 5. The molecule has 1 N–H and O–H groups in total. The lowest BCUT2D eigenvalue weighted by atomic mass is 9.81. The zero-order valence-corrected chi connectivity index (χ0v) is 10.4. The number of nitrogens with one attached hydrogen (secondary N) is 1. The molecular weight excluding hydrogens is 172 g/mol. The Morgan fingerprint density at radius 3 is 2.21 bits per heavy atom. The molecule has 0 aliphatic heterocycles. The van der Waals surface area contributed by atoms with Crippen LogP contribution >= 0.6 is 0 Å². The maximum Gasteiger partial charge on any atom is 0.0220 e. The molecule has 1 saturated carbocycles. The maximum absolute atomic E-state index is 3.77. The first-order valence-corrected chi connectivity index (χ1v) is 5.89. The van der Waals surface area contributed by atoms with E-state index in [9.17, 15) is 0 Å². The van der Waals surface area contributed by atoms with Crippen LogP contribution in [-0.2, 0) is 0 Å². The first-order valence-electron chi connectivity index (χ1n) is 5.89. The summed E-state index contributed by atoms with van der Waals surface area (Å²) in [6.07, 6.45) is 2.74. The van der Waals surface area contributed by atoms with Crippen molar-refractivity contribution < 1.29 is 0 Å². The van der Waals surface area contributed by atoms with Gasteiger partial charge < -0.3 is 10.2 Å². The van der Waals surface area contributed by atoms with Crippen molar-refractivity contribution in [3.8, 4) is 0 Å². The lowest BCUT2D eigenvalue weighted by Crippen LogP contribution is -2.51. The van der Waals surface area contributed by atoms with Crippen molar-refractivity contribution in [3.63, 3.8) is 0 Å². The van der Waals surface area contributed by atoms with Gasteiger partial charge in [-0.3, -0.25) is 0 Å². The molecule has 0 saturated heterocycles. The molecule has 0 radical (unpaired) electrons. The van der Waals surface area contributed by atoms with E-state index in [1.807, 2.05) is 0 Å². The van der Waals surface area contributed by atoms with Gasteiger partial charge in [-0.25, -0.2) is 0 Å². The normalized spacial score (nSPS) is 29.4. The molecular formula is C12H26N2. The van der Waals surface area contributed by atoms with Gasteiger partial charge in [0.2, 0.25) is 0 Å². The van der Waals surface area contributed by atoms with Gasteiger partial charge in [-0.15, -0.1) is 0 Å². The van der Waals surface area contributed by atoms with Crippen molar-refractivity contribution in [2.75, 3.05) is 20.6 Å². The van der Waals surface area contributed by atoms with Crippen LogP contribution in [0.3, 0.4) is 0 Å². The minimum Gasteiger partial charge on any atom is -0.310 e. The Morgan fingerprint density at radius 1 is 1.29 bits per heavy atom. The molecule has 0 aromatic heterocycles. The third-order valence-corrected chi connectivity index (χ3v) is 3.19. The summed E-state index contributed by atoms with van der Waals surface area (Å²) in [5.74, 6) is 1.67. The van der Waals surface area contributed by atoms with Crippen LogP contribution in [0.4, 0.5) is 0 Å². The van der Waals surface area contributed by atoms with Gasteiger partial charge in [-0.05, 0) is 38.8 Å². The van der Waals surface area contributed by atoms with Gasteiger partial charge >= 0.3 is 0 Å². The second-order valence-corrected chi connectivity index (χ2v) is 5.55. The highest BCUT2D eigenvalue weighted by atomic mass is 15.1. The van der Waals surface area contributed by atoms with Crippen LogP contribution in [0.5, 0.6) is 0 Å². The highest BCUT2D eigenvalue weighted by Gasteiger charge is 2.28. The summed E-state index contributed by atoms with van der Waals surface area (Å²) in [6.45, 7) is 8.11. The fraction of sp³-hybridized carbons (Fsp3) is 1.00. The number of nitrogens with zero attached hydrogens (tertiary/aromatic N) is 1. The van der Waals surface area contributed by atoms with Crippen LogP contribution in [-0.4, -0.2) is 37.6 Å². The van der Waals surface area contributed by atoms with E-state index in [0.29, 0.717) is 6.04 Å². The summed E-state index contributed by atoms with van der Waals surface area (Å²) in [4.78, 5) is 2.28. The standard InChI is InChI=1S/C12H26N2/c1-9(2)12(8-14(4)5)13-11-6-10(3)7-11/h9-13H,6-8H2,1-5H3. The van der Waals surface area contributed by atoms with Crippen LogP contribution in [0.25, 0.3) is 0 Å². The Kier molecular flexibility index (Phi) is 4.39. The van der Waals surface area contributed by atoms with Gasteiger partial charge in [0.25, 0.3) is 0 Å². The average molecular weight is 198 g/mol. The Labute approximate surface area is 89.1 Å². The molecule has 0 bridgehead atoms. The number of likely N-dealkylation sites (N-methyl/N-ethyl adjacent to an activating group) is 1. The second-order valence-electron chi connectivity index (χ2n) is 5.55. The van der Waals surface area contributed by atoms with Gasteiger partial charge in [0.1, 0.15) is 0 Å². The monoisotopic (exact) mass is 198 g/mol. The van der Waals surface area contributed by atoms with Crippen LogP contribution in [0.1, 0.15) is 33.6 Å². The average Bonchev–Trinajstić information content (AvgIpc) is 1.99. The van der Waals surface area contributed by atoms with Gasteiger partial charge in [0.05, 0.1) is 0 Å². The number of hydrogen-bond donors (Lipinski definition) is 1. The van der Waals surface area contributed by atoms with Crippen LogP contribution in [0.2, 0.25) is 0 Å². The molecule has 2 nitrogen and oxygen atoms in total. The zero-order valence-electron chi connectivity index (χ0n) is 10.4. The molecule has 1 unspecified atom stereocenters. The minimum atomic E-state index is 0.655. The summed E-state index contributed by atoms with van der Waals surface area (Å²) in [5.41, 5.74) is 0. The largest absolute Gasteiger partial charge is 0.310 e. The number of hydrogen-bond acceptors (Lipinski definition) is 2. The summed E-state index contributed by atoms with van der Waals surface area (Å²) in [7, 11) is 4.31. The molecule has 2 heteroatoms. The third-order valence-electron chi connectivity index (χ3n) is 3.19. The molecule has 0 aromatic carbocycles.